The van der Waals surface area contributed by atoms with Gasteiger partial charge in [0, 0.05) is 49.0 Å². The SMILES string of the molecule is N#Cc1ccnc(N2C(=O)CC[C@H]2C(=O)N(c2cncc(F)c2)[C@@H](Cc2ccccc2Cl)NC2CC(F)(F)C2)c1. The molecule has 1 aliphatic heterocycles. The van der Waals surface area contributed by atoms with E-state index in [9.17, 15) is 28.0 Å². The number of nitrogens with one attached hydrogen (secondary N) is 1. The second kappa shape index (κ2) is 11.2. The van der Waals surface area contributed by atoms with Crippen LogP contribution in [0, 0.1) is 17.1 Å². The van der Waals surface area contributed by atoms with Gasteiger partial charge >= 0.3 is 0 Å². The van der Waals surface area contributed by atoms with E-state index in [0.29, 0.717) is 10.6 Å². The van der Waals surface area contributed by atoms with Crippen molar-refractivity contribution in [3.8, 4) is 6.07 Å². The van der Waals surface area contributed by atoms with Gasteiger partial charge in [-0.1, -0.05) is 29.8 Å². The molecule has 1 aromatic carbocycles. The Morgan fingerprint density at radius 3 is 2.73 bits per heavy atom. The van der Waals surface area contributed by atoms with Crippen molar-refractivity contribution in [1.29, 1.82) is 5.26 Å². The number of rotatable bonds is 8. The molecule has 12 heteroatoms. The lowest BCUT2D eigenvalue weighted by molar-refractivity contribution is -0.123. The van der Waals surface area contributed by atoms with Gasteiger partial charge in [0.05, 0.1) is 35.9 Å². The van der Waals surface area contributed by atoms with Crippen LogP contribution in [0.5, 0.6) is 0 Å². The monoisotopic (exact) mass is 568 g/mol. The first-order valence-corrected chi connectivity index (χ1v) is 13.0. The topological polar surface area (TPSA) is 102 Å². The lowest BCUT2D eigenvalue weighted by atomic mass is 9.87. The molecule has 3 heterocycles. The van der Waals surface area contributed by atoms with E-state index in [-0.39, 0.29) is 42.2 Å². The van der Waals surface area contributed by atoms with Crippen molar-refractivity contribution in [1.82, 2.24) is 15.3 Å². The molecule has 3 aromatic rings. The molecule has 2 amide bonds. The molecule has 0 unspecified atom stereocenters. The quantitative estimate of drug-likeness (QED) is 0.398. The summed E-state index contributed by atoms with van der Waals surface area (Å²) in [5.41, 5.74) is 0.975. The van der Waals surface area contributed by atoms with E-state index >= 15 is 0 Å². The van der Waals surface area contributed by atoms with Crippen LogP contribution >= 0.6 is 11.6 Å². The summed E-state index contributed by atoms with van der Waals surface area (Å²) in [6.07, 6.45) is 2.15. The predicted molar refractivity (Wildman–Crippen MR) is 141 cm³/mol. The highest BCUT2D eigenvalue weighted by molar-refractivity contribution is 6.31. The summed E-state index contributed by atoms with van der Waals surface area (Å²) in [5.74, 6) is -4.35. The van der Waals surface area contributed by atoms with Crippen molar-refractivity contribution in [2.75, 3.05) is 9.80 Å². The van der Waals surface area contributed by atoms with Crippen molar-refractivity contribution in [2.24, 2.45) is 0 Å². The molecular weight excluding hydrogens is 545 g/mol. The summed E-state index contributed by atoms with van der Waals surface area (Å²) in [4.78, 5) is 37.9. The first kappa shape index (κ1) is 27.6. The molecule has 40 heavy (non-hydrogen) atoms. The number of nitrogens with zero attached hydrogens (tertiary/aromatic N) is 5. The fraction of sp³-hybridized carbons (Fsp3) is 0.321. The standard InChI is InChI=1S/C28H24ClF3N6O2/c29-22-4-2-1-3-18(22)10-25(36-20-12-28(31,32)13-20)37(21-11-19(30)15-34-16-21)27(40)23-5-6-26(39)38(23)24-9-17(14-33)7-8-35-24/h1-4,7-9,11,15-16,20,23,25,36H,5-6,10,12-13H2/t23-,25-/m0/s1. The molecule has 0 radical (unpaired) electrons. The Labute approximate surface area is 233 Å². The molecule has 2 aromatic heterocycles. The molecule has 1 aliphatic carbocycles. The zero-order chi connectivity index (χ0) is 28.4. The number of halogens is 4. The molecule has 1 saturated carbocycles. The molecule has 1 N–H and O–H groups in total. The normalized spacial score (nSPS) is 19.1. The molecule has 0 bridgehead atoms. The van der Waals surface area contributed by atoms with Gasteiger partial charge in [0.15, 0.2) is 0 Å². The van der Waals surface area contributed by atoms with Crippen LogP contribution in [0.4, 0.5) is 24.7 Å². The third-order valence-electron chi connectivity index (χ3n) is 7.03. The van der Waals surface area contributed by atoms with E-state index in [0.717, 1.165) is 12.3 Å². The van der Waals surface area contributed by atoms with Gasteiger partial charge in [-0.25, -0.2) is 18.2 Å². The van der Waals surface area contributed by atoms with Gasteiger partial charge in [-0.2, -0.15) is 5.26 Å². The van der Waals surface area contributed by atoms with E-state index < -0.39 is 48.7 Å². The number of hydrogen-bond donors (Lipinski definition) is 1. The highest BCUT2D eigenvalue weighted by Crippen LogP contribution is 2.38. The van der Waals surface area contributed by atoms with E-state index in [1.807, 2.05) is 6.07 Å². The van der Waals surface area contributed by atoms with Crippen LogP contribution in [0.15, 0.2) is 61.1 Å². The first-order chi connectivity index (χ1) is 19.1. The molecule has 5 rings (SSSR count). The molecule has 206 valence electrons. The van der Waals surface area contributed by atoms with Gasteiger partial charge in [0.1, 0.15) is 17.7 Å². The number of amides is 2. The molecular formula is C28H24ClF3N6O2. The average molecular weight is 569 g/mol. The lowest BCUT2D eigenvalue weighted by Gasteiger charge is -2.42. The molecule has 2 fully saturated rings. The van der Waals surface area contributed by atoms with Crippen LogP contribution in [-0.4, -0.2) is 46.0 Å². The number of aromatic nitrogens is 2. The van der Waals surface area contributed by atoms with E-state index in [1.165, 1.54) is 34.3 Å². The number of alkyl halides is 2. The van der Waals surface area contributed by atoms with Crippen LogP contribution in [0.1, 0.15) is 36.8 Å². The maximum Gasteiger partial charge on any atom is 0.251 e. The van der Waals surface area contributed by atoms with Crippen molar-refractivity contribution in [3.05, 3.63) is 83.0 Å². The highest BCUT2D eigenvalue weighted by atomic mass is 35.5. The van der Waals surface area contributed by atoms with Crippen LogP contribution in [0.2, 0.25) is 5.02 Å². The number of hydrogen-bond acceptors (Lipinski definition) is 6. The van der Waals surface area contributed by atoms with Crippen molar-refractivity contribution in [3.63, 3.8) is 0 Å². The Bertz CT molecular complexity index is 1470. The van der Waals surface area contributed by atoms with Gasteiger partial charge in [-0.3, -0.25) is 29.7 Å². The average Bonchev–Trinajstić information content (AvgIpc) is 3.30. The number of carbonyl (C=O) groups excluding carboxylic acids is 2. The summed E-state index contributed by atoms with van der Waals surface area (Å²) in [6.45, 7) is 0. The second-order valence-corrected chi connectivity index (χ2v) is 10.2. The van der Waals surface area contributed by atoms with Crippen molar-refractivity contribution < 1.29 is 22.8 Å². The third kappa shape index (κ3) is 5.78. The lowest BCUT2D eigenvalue weighted by Crippen LogP contribution is -2.61. The van der Waals surface area contributed by atoms with Gasteiger partial charge in [0.2, 0.25) is 5.91 Å². The fourth-order valence-electron chi connectivity index (χ4n) is 5.13. The minimum Gasteiger partial charge on any atom is -0.293 e. The van der Waals surface area contributed by atoms with E-state index in [1.54, 1.807) is 24.3 Å². The predicted octanol–water partition coefficient (Wildman–Crippen LogP) is 4.63. The Kier molecular flexibility index (Phi) is 7.74. The molecule has 2 aliphatic rings. The van der Waals surface area contributed by atoms with E-state index in [2.05, 4.69) is 15.3 Å². The molecule has 1 saturated heterocycles. The number of benzene rings is 1. The van der Waals surface area contributed by atoms with Crippen LogP contribution in [-0.2, 0) is 16.0 Å². The van der Waals surface area contributed by atoms with E-state index in [4.69, 9.17) is 11.6 Å². The number of anilines is 2. The second-order valence-electron chi connectivity index (χ2n) is 9.84. The first-order valence-electron chi connectivity index (χ1n) is 12.6. The largest absolute Gasteiger partial charge is 0.293 e. The molecule has 0 spiro atoms. The van der Waals surface area contributed by atoms with Gasteiger partial charge in [0.25, 0.3) is 11.8 Å². The third-order valence-corrected chi connectivity index (χ3v) is 7.39. The zero-order valence-corrected chi connectivity index (χ0v) is 21.9. The van der Waals surface area contributed by atoms with Gasteiger partial charge in [-0.05, 0) is 30.2 Å². The van der Waals surface area contributed by atoms with Crippen molar-refractivity contribution >= 4 is 34.9 Å². The summed E-state index contributed by atoms with van der Waals surface area (Å²) in [7, 11) is 0. The van der Waals surface area contributed by atoms with Crippen LogP contribution < -0.4 is 15.1 Å². The minimum absolute atomic E-state index is 0.0432. The Morgan fingerprint density at radius 1 is 1.25 bits per heavy atom. The number of pyridine rings is 2. The maximum absolute atomic E-state index is 14.4. The number of carbonyl (C=O) groups is 2. The van der Waals surface area contributed by atoms with Gasteiger partial charge in [-0.15, -0.1) is 0 Å². The van der Waals surface area contributed by atoms with Crippen LogP contribution in [0.3, 0.4) is 0 Å². The smallest absolute Gasteiger partial charge is 0.251 e. The van der Waals surface area contributed by atoms with Crippen LogP contribution in [0.25, 0.3) is 0 Å². The van der Waals surface area contributed by atoms with Gasteiger partial charge < -0.3 is 0 Å². The van der Waals surface area contributed by atoms with Crippen molar-refractivity contribution in [2.45, 2.75) is 56.3 Å². The maximum atomic E-state index is 14.4. The minimum atomic E-state index is -2.83. The molecule has 2 atom stereocenters. The highest BCUT2D eigenvalue weighted by Gasteiger charge is 2.48. The zero-order valence-electron chi connectivity index (χ0n) is 21.1. The Balaban J connectivity index is 1.56. The summed E-state index contributed by atoms with van der Waals surface area (Å²) >= 11 is 6.42. The summed E-state index contributed by atoms with van der Waals surface area (Å²) < 4.78 is 42.0. The summed E-state index contributed by atoms with van der Waals surface area (Å²) in [6, 6.07) is 11.3. The Morgan fingerprint density at radius 2 is 2.02 bits per heavy atom. The Hall–Kier alpha value is -4.01. The molecule has 8 nitrogen and oxygen atoms in total. The fourth-order valence-corrected chi connectivity index (χ4v) is 5.34. The number of nitriles is 1. The summed E-state index contributed by atoms with van der Waals surface area (Å²) in [5, 5.41) is 12.9.